The summed E-state index contributed by atoms with van der Waals surface area (Å²) in [7, 11) is 0. The van der Waals surface area contributed by atoms with Crippen LogP contribution in [0.1, 0.15) is 38.2 Å². The van der Waals surface area contributed by atoms with E-state index in [0.29, 0.717) is 11.0 Å². The van der Waals surface area contributed by atoms with Crippen LogP contribution >= 0.6 is 0 Å². The van der Waals surface area contributed by atoms with Crippen LogP contribution in [0.3, 0.4) is 0 Å². The first-order valence-electron chi connectivity index (χ1n) is 6.23. The molecule has 0 aliphatic heterocycles. The molecule has 1 aromatic carbocycles. The Morgan fingerprint density at radius 3 is 2.82 bits per heavy atom. The molecule has 1 aliphatic rings. The Balaban J connectivity index is 2.02. The molecule has 0 atom stereocenters. The zero-order chi connectivity index (χ0) is 12.3. The van der Waals surface area contributed by atoms with Gasteiger partial charge in [0.1, 0.15) is 0 Å². The van der Waals surface area contributed by atoms with Gasteiger partial charge in [-0.25, -0.2) is 0 Å². The van der Waals surface area contributed by atoms with Crippen LogP contribution in [0.4, 0.5) is 11.4 Å². The Hall–Kier alpha value is -1.69. The number of nitriles is 1. The lowest BCUT2D eigenvalue weighted by molar-refractivity contribution is 0.486. The highest BCUT2D eigenvalue weighted by Crippen LogP contribution is 2.49. The zero-order valence-electron chi connectivity index (χ0n) is 10.3. The van der Waals surface area contributed by atoms with Crippen molar-refractivity contribution in [2.75, 3.05) is 17.6 Å². The van der Waals surface area contributed by atoms with Crippen LogP contribution in [0, 0.1) is 16.7 Å². The summed E-state index contributed by atoms with van der Waals surface area (Å²) in [5, 5.41) is 12.3. The van der Waals surface area contributed by atoms with E-state index in [1.807, 2.05) is 6.07 Å². The van der Waals surface area contributed by atoms with Gasteiger partial charge < -0.3 is 11.1 Å². The maximum atomic E-state index is 8.86. The minimum absolute atomic E-state index is 0.490. The predicted molar refractivity (Wildman–Crippen MR) is 70.6 cm³/mol. The monoisotopic (exact) mass is 229 g/mol. The fourth-order valence-electron chi connectivity index (χ4n) is 2.28. The van der Waals surface area contributed by atoms with E-state index in [2.05, 4.69) is 18.3 Å². The van der Waals surface area contributed by atoms with Crippen molar-refractivity contribution < 1.29 is 0 Å². The van der Waals surface area contributed by atoms with E-state index >= 15 is 0 Å². The summed E-state index contributed by atoms with van der Waals surface area (Å²) in [6.07, 6.45) is 5.13. The second-order valence-electron chi connectivity index (χ2n) is 5.02. The van der Waals surface area contributed by atoms with Gasteiger partial charge in [-0.15, -0.1) is 0 Å². The average Bonchev–Trinajstić information content (AvgIpc) is 3.09. The van der Waals surface area contributed by atoms with E-state index < -0.39 is 0 Å². The first kappa shape index (κ1) is 11.8. The van der Waals surface area contributed by atoms with Gasteiger partial charge in [-0.05, 0) is 42.9 Å². The first-order valence-corrected chi connectivity index (χ1v) is 6.23. The molecule has 0 bridgehead atoms. The van der Waals surface area contributed by atoms with E-state index in [1.54, 1.807) is 12.1 Å². The van der Waals surface area contributed by atoms with Gasteiger partial charge in [0.15, 0.2) is 0 Å². The third-order valence-corrected chi connectivity index (χ3v) is 3.57. The van der Waals surface area contributed by atoms with E-state index in [9.17, 15) is 0 Å². The van der Waals surface area contributed by atoms with Crippen molar-refractivity contribution in [1.82, 2.24) is 0 Å². The average molecular weight is 229 g/mol. The Labute approximate surface area is 103 Å². The fourth-order valence-corrected chi connectivity index (χ4v) is 2.28. The van der Waals surface area contributed by atoms with Crippen molar-refractivity contribution in [2.24, 2.45) is 5.41 Å². The Kier molecular flexibility index (Phi) is 3.23. The summed E-state index contributed by atoms with van der Waals surface area (Å²) >= 11 is 0. The molecule has 2 rings (SSSR count). The quantitative estimate of drug-likeness (QED) is 0.762. The van der Waals surface area contributed by atoms with Crippen LogP contribution in [-0.4, -0.2) is 6.54 Å². The lowest BCUT2D eigenvalue weighted by Gasteiger charge is -2.17. The number of hydrogen-bond donors (Lipinski definition) is 2. The molecule has 1 fully saturated rings. The smallest absolute Gasteiger partial charge is 0.0992 e. The summed E-state index contributed by atoms with van der Waals surface area (Å²) < 4.78 is 0. The Bertz CT molecular complexity index is 441. The van der Waals surface area contributed by atoms with Crippen molar-refractivity contribution in [3.63, 3.8) is 0 Å². The minimum Gasteiger partial charge on any atom is -0.397 e. The summed E-state index contributed by atoms with van der Waals surface area (Å²) in [6.45, 7) is 3.20. The normalized spacial score (nSPS) is 16.2. The van der Waals surface area contributed by atoms with Gasteiger partial charge in [-0.3, -0.25) is 0 Å². The number of hydrogen-bond acceptors (Lipinski definition) is 3. The van der Waals surface area contributed by atoms with Gasteiger partial charge in [0.2, 0.25) is 0 Å². The van der Waals surface area contributed by atoms with Crippen molar-refractivity contribution >= 4 is 11.4 Å². The van der Waals surface area contributed by atoms with Crippen molar-refractivity contribution in [3.8, 4) is 6.07 Å². The third kappa shape index (κ3) is 2.71. The number of nitrogens with one attached hydrogen (secondary N) is 1. The molecule has 0 spiro atoms. The maximum absolute atomic E-state index is 8.86. The maximum Gasteiger partial charge on any atom is 0.0992 e. The first-order chi connectivity index (χ1) is 8.19. The lowest BCUT2D eigenvalue weighted by Crippen LogP contribution is -2.16. The molecule has 3 N–H and O–H groups in total. The second kappa shape index (κ2) is 4.67. The van der Waals surface area contributed by atoms with Crippen LogP contribution in [0.15, 0.2) is 18.2 Å². The van der Waals surface area contributed by atoms with Gasteiger partial charge in [-0.1, -0.05) is 13.3 Å². The SMILES string of the molecule is CCCC1(CNc2cc(C#N)ccc2N)CC1. The van der Waals surface area contributed by atoms with Crippen LogP contribution in [0.25, 0.3) is 0 Å². The summed E-state index contributed by atoms with van der Waals surface area (Å²) in [5.74, 6) is 0. The van der Waals surface area contributed by atoms with Gasteiger partial charge in [0, 0.05) is 6.54 Å². The number of rotatable bonds is 5. The largest absolute Gasteiger partial charge is 0.397 e. The lowest BCUT2D eigenvalue weighted by atomic mass is 10.0. The molecule has 1 aliphatic carbocycles. The highest BCUT2D eigenvalue weighted by molar-refractivity contribution is 5.68. The van der Waals surface area contributed by atoms with E-state index in [0.717, 1.165) is 17.9 Å². The molecule has 0 radical (unpaired) electrons. The van der Waals surface area contributed by atoms with Crippen LogP contribution < -0.4 is 11.1 Å². The minimum atomic E-state index is 0.490. The van der Waals surface area contributed by atoms with Gasteiger partial charge >= 0.3 is 0 Å². The molecule has 0 aromatic heterocycles. The molecule has 3 nitrogen and oxygen atoms in total. The van der Waals surface area contributed by atoms with Gasteiger partial charge in [0.25, 0.3) is 0 Å². The van der Waals surface area contributed by atoms with Crippen LogP contribution in [0.5, 0.6) is 0 Å². The molecule has 1 aromatic rings. The van der Waals surface area contributed by atoms with Crippen molar-refractivity contribution in [1.29, 1.82) is 5.26 Å². The molecule has 17 heavy (non-hydrogen) atoms. The molecule has 0 saturated heterocycles. The molecule has 0 heterocycles. The number of anilines is 2. The van der Waals surface area contributed by atoms with E-state index in [-0.39, 0.29) is 0 Å². The van der Waals surface area contributed by atoms with Crippen molar-refractivity contribution in [3.05, 3.63) is 23.8 Å². The summed E-state index contributed by atoms with van der Waals surface area (Å²) in [6, 6.07) is 7.51. The molecule has 0 unspecified atom stereocenters. The molecular weight excluding hydrogens is 210 g/mol. The predicted octanol–water partition coefficient (Wildman–Crippen LogP) is 3.13. The number of benzene rings is 1. The zero-order valence-corrected chi connectivity index (χ0v) is 10.3. The highest BCUT2D eigenvalue weighted by Gasteiger charge is 2.41. The molecule has 0 amide bonds. The molecule has 1 saturated carbocycles. The number of nitrogens with zero attached hydrogens (tertiary/aromatic N) is 1. The topological polar surface area (TPSA) is 61.8 Å². The van der Waals surface area contributed by atoms with Gasteiger partial charge in [-0.2, -0.15) is 5.26 Å². The standard InChI is InChI=1S/C14H19N3/c1-2-5-14(6-7-14)10-17-13-8-11(9-15)3-4-12(13)16/h3-4,8,17H,2,5-7,10,16H2,1H3. The fraction of sp³-hybridized carbons (Fsp3) is 0.500. The second-order valence-corrected chi connectivity index (χ2v) is 5.02. The molecule has 90 valence electrons. The highest BCUT2D eigenvalue weighted by atomic mass is 14.9. The number of nitrogens with two attached hydrogens (primary N) is 1. The van der Waals surface area contributed by atoms with Crippen LogP contribution in [0.2, 0.25) is 0 Å². The van der Waals surface area contributed by atoms with Crippen molar-refractivity contribution in [2.45, 2.75) is 32.6 Å². The molecular formula is C14H19N3. The van der Waals surface area contributed by atoms with Crippen LogP contribution in [-0.2, 0) is 0 Å². The van der Waals surface area contributed by atoms with E-state index in [1.165, 1.54) is 25.7 Å². The molecule has 3 heteroatoms. The Morgan fingerprint density at radius 1 is 1.47 bits per heavy atom. The third-order valence-electron chi connectivity index (χ3n) is 3.57. The van der Waals surface area contributed by atoms with Gasteiger partial charge in [0.05, 0.1) is 23.0 Å². The Morgan fingerprint density at radius 2 is 2.24 bits per heavy atom. The van der Waals surface area contributed by atoms with E-state index in [4.69, 9.17) is 11.0 Å². The summed E-state index contributed by atoms with van der Waals surface area (Å²) in [4.78, 5) is 0. The summed E-state index contributed by atoms with van der Waals surface area (Å²) in [5.41, 5.74) is 8.65. The number of nitrogen functional groups attached to an aromatic ring is 1.